The zero-order chi connectivity index (χ0) is 16.5. The molecule has 3 heteroatoms. The monoisotopic (exact) mass is 305 g/mol. The van der Waals surface area contributed by atoms with Gasteiger partial charge in [0.25, 0.3) is 0 Å². The van der Waals surface area contributed by atoms with E-state index in [9.17, 15) is 4.79 Å². The smallest absolute Gasteiger partial charge is 0.185 e. The van der Waals surface area contributed by atoms with Gasteiger partial charge in [0.15, 0.2) is 5.78 Å². The van der Waals surface area contributed by atoms with Crippen molar-refractivity contribution in [2.75, 3.05) is 6.61 Å². The molecular weight excluding hydrogens is 286 g/mol. The highest BCUT2D eigenvalue weighted by Crippen LogP contribution is 2.14. The van der Waals surface area contributed by atoms with Gasteiger partial charge >= 0.3 is 0 Å². The number of nitriles is 1. The van der Waals surface area contributed by atoms with Gasteiger partial charge in [-0.1, -0.05) is 31.6 Å². The summed E-state index contributed by atoms with van der Waals surface area (Å²) in [6.07, 6.45) is 5.46. The average molecular weight is 305 g/mol. The molecule has 0 N–H and O–H groups in total. The maximum Gasteiger partial charge on any atom is 0.185 e. The number of benzene rings is 2. The van der Waals surface area contributed by atoms with E-state index in [0.717, 1.165) is 30.8 Å². The largest absolute Gasteiger partial charge is 0.494 e. The van der Waals surface area contributed by atoms with Crippen molar-refractivity contribution < 1.29 is 9.53 Å². The predicted molar refractivity (Wildman–Crippen MR) is 91.4 cm³/mol. The summed E-state index contributed by atoms with van der Waals surface area (Å²) >= 11 is 0. The summed E-state index contributed by atoms with van der Waals surface area (Å²) in [7, 11) is 0. The molecule has 0 unspecified atom stereocenters. The molecule has 0 atom stereocenters. The Labute approximate surface area is 136 Å². The number of ketones is 1. The summed E-state index contributed by atoms with van der Waals surface area (Å²) in [5, 5.41) is 8.75. The second-order valence-electron chi connectivity index (χ2n) is 5.16. The van der Waals surface area contributed by atoms with Crippen molar-refractivity contribution in [3.63, 3.8) is 0 Å². The van der Waals surface area contributed by atoms with Crippen LogP contribution >= 0.6 is 0 Å². The number of allylic oxidation sites excluding steroid dienone is 1. The molecule has 2 aromatic rings. The van der Waals surface area contributed by atoms with Crippen LogP contribution in [0.25, 0.3) is 6.08 Å². The number of hydrogen-bond acceptors (Lipinski definition) is 3. The molecule has 0 aromatic heterocycles. The van der Waals surface area contributed by atoms with Gasteiger partial charge in [-0.25, -0.2) is 0 Å². The van der Waals surface area contributed by atoms with Crippen LogP contribution in [0.15, 0.2) is 54.6 Å². The fourth-order valence-corrected chi connectivity index (χ4v) is 1.99. The van der Waals surface area contributed by atoms with E-state index >= 15 is 0 Å². The van der Waals surface area contributed by atoms with Crippen LogP contribution in [0.4, 0.5) is 0 Å². The van der Waals surface area contributed by atoms with Crippen molar-refractivity contribution in [3.05, 3.63) is 71.3 Å². The first kappa shape index (κ1) is 16.5. The lowest BCUT2D eigenvalue weighted by atomic mass is 10.1. The van der Waals surface area contributed by atoms with E-state index < -0.39 is 0 Å². The number of carbonyl (C=O) groups is 1. The van der Waals surface area contributed by atoms with E-state index in [2.05, 4.69) is 6.92 Å². The molecule has 0 aliphatic heterocycles. The summed E-state index contributed by atoms with van der Waals surface area (Å²) in [5.41, 5.74) is 2.05. The van der Waals surface area contributed by atoms with Crippen LogP contribution in [0.3, 0.4) is 0 Å². The molecule has 0 saturated heterocycles. The van der Waals surface area contributed by atoms with Crippen LogP contribution in [0, 0.1) is 11.3 Å². The van der Waals surface area contributed by atoms with Crippen molar-refractivity contribution in [1.29, 1.82) is 5.26 Å². The van der Waals surface area contributed by atoms with Crippen molar-refractivity contribution in [3.8, 4) is 11.8 Å². The van der Waals surface area contributed by atoms with Gasteiger partial charge in [-0.05, 0) is 54.5 Å². The summed E-state index contributed by atoms with van der Waals surface area (Å²) in [5.74, 6) is 0.756. The molecular formula is C20H19NO2. The molecule has 0 fully saturated rings. The van der Waals surface area contributed by atoms with Gasteiger partial charge in [-0.15, -0.1) is 0 Å². The first-order valence-corrected chi connectivity index (χ1v) is 7.68. The standard InChI is InChI=1S/C20H19NO2/c1-2-3-14-23-19-11-6-16(7-12-19)8-13-20(22)18-9-4-17(15-21)5-10-18/h4-13H,2-3,14H2,1H3/b13-8+. The van der Waals surface area contributed by atoms with E-state index in [0.29, 0.717) is 11.1 Å². The lowest BCUT2D eigenvalue weighted by Gasteiger charge is -2.05. The minimum absolute atomic E-state index is 0.0854. The molecule has 0 saturated carbocycles. The highest BCUT2D eigenvalue weighted by molar-refractivity contribution is 6.06. The Morgan fingerprint density at radius 3 is 2.43 bits per heavy atom. The number of hydrogen-bond donors (Lipinski definition) is 0. The fourth-order valence-electron chi connectivity index (χ4n) is 1.99. The highest BCUT2D eigenvalue weighted by Gasteiger charge is 2.01. The van der Waals surface area contributed by atoms with Crippen LogP contribution in [-0.4, -0.2) is 12.4 Å². The van der Waals surface area contributed by atoms with E-state index in [1.165, 1.54) is 6.08 Å². The molecule has 0 heterocycles. The zero-order valence-electron chi connectivity index (χ0n) is 13.2. The van der Waals surface area contributed by atoms with Crippen molar-refractivity contribution in [1.82, 2.24) is 0 Å². The lowest BCUT2D eigenvalue weighted by molar-refractivity contribution is 0.104. The maximum absolute atomic E-state index is 12.1. The van der Waals surface area contributed by atoms with Crippen LogP contribution in [-0.2, 0) is 0 Å². The Hall–Kier alpha value is -2.86. The molecule has 23 heavy (non-hydrogen) atoms. The van der Waals surface area contributed by atoms with Gasteiger partial charge in [-0.2, -0.15) is 5.26 Å². The summed E-state index contributed by atoms with van der Waals surface area (Å²) in [6.45, 7) is 2.85. The number of carbonyl (C=O) groups excluding carboxylic acids is 1. The third-order valence-corrected chi connectivity index (χ3v) is 3.37. The van der Waals surface area contributed by atoms with E-state index in [1.807, 2.05) is 30.3 Å². The fraction of sp³-hybridized carbons (Fsp3) is 0.200. The predicted octanol–water partition coefficient (Wildman–Crippen LogP) is 4.63. The van der Waals surface area contributed by atoms with E-state index in [4.69, 9.17) is 10.00 Å². The van der Waals surface area contributed by atoms with Gasteiger partial charge in [0.05, 0.1) is 18.2 Å². The number of rotatable bonds is 7. The minimum atomic E-state index is -0.0854. The van der Waals surface area contributed by atoms with Gasteiger partial charge in [-0.3, -0.25) is 4.79 Å². The first-order valence-electron chi connectivity index (χ1n) is 7.68. The Balaban J connectivity index is 1.96. The SMILES string of the molecule is CCCCOc1ccc(/C=C/C(=O)c2ccc(C#N)cc2)cc1. The Bertz CT molecular complexity index is 707. The van der Waals surface area contributed by atoms with Crippen LogP contribution in [0.5, 0.6) is 5.75 Å². The van der Waals surface area contributed by atoms with Crippen molar-refractivity contribution in [2.24, 2.45) is 0 Å². The Morgan fingerprint density at radius 2 is 1.83 bits per heavy atom. The molecule has 0 bridgehead atoms. The van der Waals surface area contributed by atoms with Gasteiger partial charge < -0.3 is 4.74 Å². The Morgan fingerprint density at radius 1 is 1.13 bits per heavy atom. The van der Waals surface area contributed by atoms with Crippen molar-refractivity contribution >= 4 is 11.9 Å². The topological polar surface area (TPSA) is 50.1 Å². The van der Waals surface area contributed by atoms with Gasteiger partial charge in [0.1, 0.15) is 5.75 Å². The molecule has 0 spiro atoms. The minimum Gasteiger partial charge on any atom is -0.494 e. The normalized spacial score (nSPS) is 10.4. The average Bonchev–Trinajstić information content (AvgIpc) is 2.61. The molecule has 0 aliphatic carbocycles. The maximum atomic E-state index is 12.1. The van der Waals surface area contributed by atoms with E-state index in [-0.39, 0.29) is 5.78 Å². The molecule has 0 aliphatic rings. The lowest BCUT2D eigenvalue weighted by Crippen LogP contribution is -1.96. The zero-order valence-corrected chi connectivity index (χ0v) is 13.2. The number of ether oxygens (including phenoxy) is 1. The molecule has 116 valence electrons. The van der Waals surface area contributed by atoms with E-state index in [1.54, 1.807) is 30.3 Å². The molecule has 2 rings (SSSR count). The third-order valence-electron chi connectivity index (χ3n) is 3.37. The summed E-state index contributed by atoms with van der Waals surface area (Å²) in [6, 6.07) is 16.3. The highest BCUT2D eigenvalue weighted by atomic mass is 16.5. The summed E-state index contributed by atoms with van der Waals surface area (Å²) < 4.78 is 5.60. The van der Waals surface area contributed by atoms with Gasteiger partial charge in [0, 0.05) is 5.56 Å². The summed E-state index contributed by atoms with van der Waals surface area (Å²) in [4.78, 5) is 12.1. The van der Waals surface area contributed by atoms with Gasteiger partial charge in [0.2, 0.25) is 0 Å². The third kappa shape index (κ3) is 5.12. The second-order valence-corrected chi connectivity index (χ2v) is 5.16. The second kappa shape index (κ2) is 8.55. The molecule has 0 amide bonds. The first-order chi connectivity index (χ1) is 11.2. The number of unbranched alkanes of at least 4 members (excludes halogenated alkanes) is 1. The van der Waals surface area contributed by atoms with Crippen LogP contribution in [0.1, 0.15) is 41.3 Å². The molecule has 0 radical (unpaired) electrons. The van der Waals surface area contributed by atoms with Crippen molar-refractivity contribution in [2.45, 2.75) is 19.8 Å². The van der Waals surface area contributed by atoms with Crippen LogP contribution < -0.4 is 4.74 Å². The Kier molecular flexibility index (Phi) is 6.14. The molecule has 3 nitrogen and oxygen atoms in total. The quantitative estimate of drug-likeness (QED) is 0.425. The van der Waals surface area contributed by atoms with Crippen LogP contribution in [0.2, 0.25) is 0 Å². The number of nitrogens with zero attached hydrogens (tertiary/aromatic N) is 1. The molecule has 2 aromatic carbocycles.